The minimum Gasteiger partial charge on any atom is -0.462 e. The molecule has 9 heteroatoms. The van der Waals surface area contributed by atoms with E-state index in [1.165, 1.54) is 6.92 Å². The average molecular weight is 334 g/mol. The Bertz CT molecular complexity index is 511. The summed E-state index contributed by atoms with van der Waals surface area (Å²) in [5.41, 5.74) is -2.00. The number of allylic oxidation sites excluding steroid dienone is 1. The number of rotatable bonds is 8. The van der Waals surface area contributed by atoms with Gasteiger partial charge in [0.1, 0.15) is 18.1 Å². The van der Waals surface area contributed by atoms with E-state index in [-0.39, 0.29) is 13.3 Å². The van der Waals surface area contributed by atoms with E-state index in [9.17, 15) is 18.0 Å². The quantitative estimate of drug-likeness (QED) is 0.209. The highest BCUT2D eigenvalue weighted by Crippen LogP contribution is 2.21. The summed E-state index contributed by atoms with van der Waals surface area (Å²) in [7, 11) is 0. The molecular weight excluding hydrogens is 313 g/mol. The van der Waals surface area contributed by atoms with Crippen LogP contribution in [0.15, 0.2) is 29.0 Å². The Hall–Kier alpha value is -2.32. The number of nitrogens with one attached hydrogen (secondary N) is 3. The van der Waals surface area contributed by atoms with Crippen LogP contribution in [0.3, 0.4) is 0 Å². The number of carbonyl (C=O) groups is 1. The number of hydrogen-bond donors (Lipinski definition) is 3. The number of nitrogens with zero attached hydrogens (tertiary/aromatic N) is 1. The summed E-state index contributed by atoms with van der Waals surface area (Å²) in [6.45, 7) is 8.53. The molecule has 0 aliphatic carbocycles. The van der Waals surface area contributed by atoms with Crippen LogP contribution in [0.1, 0.15) is 27.2 Å². The van der Waals surface area contributed by atoms with Crippen molar-refractivity contribution >= 4 is 17.5 Å². The van der Waals surface area contributed by atoms with Crippen molar-refractivity contribution < 1.29 is 22.7 Å². The molecule has 0 atom stereocenters. The van der Waals surface area contributed by atoms with Crippen LogP contribution in [-0.2, 0) is 9.53 Å². The summed E-state index contributed by atoms with van der Waals surface area (Å²) in [5.74, 6) is -0.635. The Morgan fingerprint density at radius 3 is 2.43 bits per heavy atom. The molecule has 3 N–H and O–H groups in total. The number of esters is 1. The molecule has 0 aromatic carbocycles. The zero-order valence-electron chi connectivity index (χ0n) is 13.3. The molecule has 0 amide bonds. The lowest BCUT2D eigenvalue weighted by Crippen LogP contribution is -2.30. The second-order valence-electron chi connectivity index (χ2n) is 4.38. The van der Waals surface area contributed by atoms with Gasteiger partial charge in [-0.3, -0.25) is 10.4 Å². The van der Waals surface area contributed by atoms with E-state index in [1.807, 2.05) is 6.92 Å². The number of aliphatic imine (C=N–C) groups is 1. The van der Waals surface area contributed by atoms with Gasteiger partial charge in [-0.25, -0.2) is 4.79 Å². The van der Waals surface area contributed by atoms with Gasteiger partial charge in [0.2, 0.25) is 0 Å². The zero-order valence-corrected chi connectivity index (χ0v) is 13.3. The lowest BCUT2D eigenvalue weighted by atomic mass is 10.1. The molecule has 0 rings (SSSR count). The molecule has 0 saturated carbocycles. The minimum absolute atomic E-state index is 0.0719. The van der Waals surface area contributed by atoms with Crippen molar-refractivity contribution in [3.05, 3.63) is 24.0 Å². The van der Waals surface area contributed by atoms with Crippen LogP contribution in [-0.4, -0.2) is 37.0 Å². The first-order valence-corrected chi connectivity index (χ1v) is 6.86. The van der Waals surface area contributed by atoms with Crippen molar-refractivity contribution in [3.63, 3.8) is 0 Å². The van der Waals surface area contributed by atoms with E-state index in [2.05, 4.69) is 26.9 Å². The number of halogens is 3. The van der Waals surface area contributed by atoms with E-state index >= 15 is 0 Å². The van der Waals surface area contributed by atoms with Crippen molar-refractivity contribution in [3.8, 4) is 0 Å². The van der Waals surface area contributed by atoms with Crippen LogP contribution in [0.5, 0.6) is 0 Å². The number of carbonyl (C=O) groups excluding carboxylic acids is 1. The largest absolute Gasteiger partial charge is 0.462 e. The molecule has 0 unspecified atom stereocenters. The SMILES string of the molecule is C=C(C)NC(CC)=NCN/C=C(\C(=N)C(F)(F)F)C(=O)OCC. The fraction of sp³-hybridized carbons (Fsp3) is 0.500. The number of alkyl halides is 3. The molecule has 23 heavy (non-hydrogen) atoms. The highest BCUT2D eigenvalue weighted by atomic mass is 19.4. The van der Waals surface area contributed by atoms with Crippen LogP contribution in [0.2, 0.25) is 0 Å². The maximum Gasteiger partial charge on any atom is 0.433 e. The minimum atomic E-state index is -4.94. The topological polar surface area (TPSA) is 86.6 Å². The second-order valence-corrected chi connectivity index (χ2v) is 4.38. The maximum absolute atomic E-state index is 12.6. The van der Waals surface area contributed by atoms with Gasteiger partial charge >= 0.3 is 12.1 Å². The first kappa shape index (κ1) is 20.7. The predicted octanol–water partition coefficient (Wildman–Crippen LogP) is 2.49. The third-order valence-corrected chi connectivity index (χ3v) is 2.35. The molecule has 0 aromatic rings. The first-order chi connectivity index (χ1) is 10.6. The fourth-order valence-electron chi connectivity index (χ4n) is 1.37. The van der Waals surface area contributed by atoms with Gasteiger partial charge in [-0.2, -0.15) is 13.2 Å². The van der Waals surface area contributed by atoms with Crippen LogP contribution in [0, 0.1) is 5.41 Å². The molecule has 0 radical (unpaired) electrons. The lowest BCUT2D eigenvalue weighted by molar-refractivity contribution is -0.138. The Morgan fingerprint density at radius 1 is 1.39 bits per heavy atom. The molecule has 0 aromatic heterocycles. The van der Waals surface area contributed by atoms with Crippen molar-refractivity contribution in [2.75, 3.05) is 13.3 Å². The van der Waals surface area contributed by atoms with Crippen molar-refractivity contribution in [2.45, 2.75) is 33.4 Å². The fourth-order valence-corrected chi connectivity index (χ4v) is 1.37. The zero-order chi connectivity index (χ0) is 18.0. The van der Waals surface area contributed by atoms with E-state index in [1.54, 1.807) is 6.92 Å². The monoisotopic (exact) mass is 334 g/mol. The summed E-state index contributed by atoms with van der Waals surface area (Å²) < 4.78 is 42.3. The van der Waals surface area contributed by atoms with Gasteiger partial charge in [-0.15, -0.1) is 0 Å². The summed E-state index contributed by atoms with van der Waals surface area (Å²) >= 11 is 0. The molecule has 0 aliphatic rings. The van der Waals surface area contributed by atoms with Gasteiger partial charge in [0.25, 0.3) is 0 Å². The van der Waals surface area contributed by atoms with Gasteiger partial charge in [0.05, 0.1) is 6.61 Å². The molecule has 0 spiro atoms. The molecular formula is C14H21F3N4O2. The highest BCUT2D eigenvalue weighted by molar-refractivity contribution is 6.20. The van der Waals surface area contributed by atoms with E-state index in [0.29, 0.717) is 18.0 Å². The van der Waals surface area contributed by atoms with Crippen LogP contribution in [0.25, 0.3) is 0 Å². The molecule has 130 valence electrons. The highest BCUT2D eigenvalue weighted by Gasteiger charge is 2.39. The second kappa shape index (κ2) is 9.65. The number of amidine groups is 1. The summed E-state index contributed by atoms with van der Waals surface area (Å²) in [5, 5.41) is 12.4. The molecule has 0 aliphatic heterocycles. The molecule has 0 bridgehead atoms. The summed E-state index contributed by atoms with van der Waals surface area (Å²) in [6, 6.07) is 0. The van der Waals surface area contributed by atoms with Crippen LogP contribution >= 0.6 is 0 Å². The third-order valence-electron chi connectivity index (χ3n) is 2.35. The van der Waals surface area contributed by atoms with Crippen LogP contribution in [0.4, 0.5) is 13.2 Å². The van der Waals surface area contributed by atoms with Gasteiger partial charge in [-0.1, -0.05) is 13.5 Å². The van der Waals surface area contributed by atoms with Gasteiger partial charge < -0.3 is 15.4 Å². The smallest absolute Gasteiger partial charge is 0.433 e. The third kappa shape index (κ3) is 8.03. The number of ether oxygens (including phenoxy) is 1. The predicted molar refractivity (Wildman–Crippen MR) is 82.2 cm³/mol. The summed E-state index contributed by atoms with van der Waals surface area (Å²) in [6.07, 6.45) is -3.59. The van der Waals surface area contributed by atoms with E-state index in [0.717, 1.165) is 6.20 Å². The van der Waals surface area contributed by atoms with E-state index < -0.39 is 23.4 Å². The normalized spacial score (nSPS) is 12.6. The van der Waals surface area contributed by atoms with Gasteiger partial charge in [0.15, 0.2) is 5.71 Å². The maximum atomic E-state index is 12.6. The van der Waals surface area contributed by atoms with Crippen LogP contribution < -0.4 is 10.6 Å². The van der Waals surface area contributed by atoms with Crippen molar-refractivity contribution in [2.24, 2.45) is 4.99 Å². The molecule has 6 nitrogen and oxygen atoms in total. The lowest BCUT2D eigenvalue weighted by Gasteiger charge is -2.12. The van der Waals surface area contributed by atoms with Gasteiger partial charge in [0, 0.05) is 18.3 Å². The summed E-state index contributed by atoms with van der Waals surface area (Å²) in [4.78, 5) is 15.6. The Kier molecular flexibility index (Phi) is 8.67. The molecule has 0 saturated heterocycles. The van der Waals surface area contributed by atoms with E-state index in [4.69, 9.17) is 5.41 Å². The van der Waals surface area contributed by atoms with Gasteiger partial charge in [-0.05, 0) is 13.8 Å². The Balaban J connectivity index is 5.03. The molecule has 0 heterocycles. The Morgan fingerprint density at radius 2 is 2.00 bits per heavy atom. The standard InChI is InChI=1S/C14H21F3N4O2/c1-5-11(21-9(3)4)20-8-19-7-10(13(22)23-6-2)12(18)14(15,16)17/h7,18-19H,3,5-6,8H2,1-2,4H3,(H,20,21)/b10-7+,18-12?. The average Bonchev–Trinajstić information content (AvgIpc) is 2.44. The molecule has 0 fully saturated rings. The Labute approximate surface area is 133 Å². The van der Waals surface area contributed by atoms with Crippen molar-refractivity contribution in [1.29, 1.82) is 5.41 Å². The number of hydrogen-bond acceptors (Lipinski definition) is 5. The van der Waals surface area contributed by atoms with Crippen molar-refractivity contribution in [1.82, 2.24) is 10.6 Å². The first-order valence-electron chi connectivity index (χ1n) is 6.86.